The van der Waals surface area contributed by atoms with Gasteiger partial charge in [-0.15, -0.1) is 0 Å². The molecule has 0 atom stereocenters. The molecule has 1 heterocycles. The minimum Gasteiger partial charge on any atom is -0.257 e. The molecular formula is C10H6FN3O2S. The summed E-state index contributed by atoms with van der Waals surface area (Å²) in [6, 6.07) is 6.11. The monoisotopic (exact) mass is 251 g/mol. The molecule has 2 aromatic rings. The molecule has 0 radical (unpaired) electrons. The average molecular weight is 251 g/mol. The van der Waals surface area contributed by atoms with Gasteiger partial charge in [-0.1, -0.05) is 18.2 Å². The molecule has 5 nitrogen and oxygen atoms in total. The first-order valence-electron chi connectivity index (χ1n) is 4.55. The van der Waals surface area contributed by atoms with Gasteiger partial charge in [0.05, 0.1) is 4.92 Å². The van der Waals surface area contributed by atoms with Crippen molar-refractivity contribution in [3.05, 3.63) is 52.0 Å². The molecular weight excluding hydrogens is 245 g/mol. The summed E-state index contributed by atoms with van der Waals surface area (Å²) in [6.07, 6.45) is 2.41. The molecule has 0 spiro atoms. The molecule has 0 N–H and O–H groups in total. The van der Waals surface area contributed by atoms with E-state index in [1.54, 1.807) is 18.2 Å². The van der Waals surface area contributed by atoms with Gasteiger partial charge in [-0.3, -0.25) is 10.1 Å². The highest BCUT2D eigenvalue weighted by molar-refractivity contribution is 7.18. The third-order valence-corrected chi connectivity index (χ3v) is 2.74. The van der Waals surface area contributed by atoms with Crippen LogP contribution in [0.25, 0.3) is 0 Å². The van der Waals surface area contributed by atoms with Crippen LogP contribution in [-0.4, -0.2) is 16.1 Å². The van der Waals surface area contributed by atoms with Crippen molar-refractivity contribution in [2.24, 2.45) is 4.99 Å². The molecule has 1 aromatic carbocycles. The van der Waals surface area contributed by atoms with Crippen molar-refractivity contribution in [2.45, 2.75) is 0 Å². The second kappa shape index (κ2) is 4.79. The minimum atomic E-state index is -0.542. The molecule has 0 saturated carbocycles. The van der Waals surface area contributed by atoms with Gasteiger partial charge in [-0.2, -0.15) is 0 Å². The summed E-state index contributed by atoms with van der Waals surface area (Å²) in [5, 5.41) is 10.5. The quantitative estimate of drug-likeness (QED) is 0.478. The van der Waals surface area contributed by atoms with Crippen LogP contribution in [0.5, 0.6) is 0 Å². The molecule has 0 aliphatic rings. The molecule has 86 valence electrons. The highest BCUT2D eigenvalue weighted by Crippen LogP contribution is 2.27. The first kappa shape index (κ1) is 11.3. The maximum atomic E-state index is 13.2. The van der Waals surface area contributed by atoms with Crippen molar-refractivity contribution in [2.75, 3.05) is 0 Å². The van der Waals surface area contributed by atoms with Gasteiger partial charge in [0.25, 0.3) is 0 Å². The lowest BCUT2D eigenvalue weighted by molar-refractivity contribution is -0.380. The summed E-state index contributed by atoms with van der Waals surface area (Å²) < 4.78 is 13.2. The van der Waals surface area contributed by atoms with Crippen LogP contribution in [0.3, 0.4) is 0 Å². The smallest absolute Gasteiger partial charge is 0.257 e. The Morgan fingerprint density at radius 2 is 2.24 bits per heavy atom. The third kappa shape index (κ3) is 2.70. The largest absolute Gasteiger partial charge is 0.345 e. The van der Waals surface area contributed by atoms with Crippen LogP contribution in [-0.2, 0) is 0 Å². The maximum Gasteiger partial charge on any atom is 0.345 e. The molecule has 0 amide bonds. The van der Waals surface area contributed by atoms with Crippen LogP contribution in [0.15, 0.2) is 35.5 Å². The molecule has 0 bridgehead atoms. The number of nitro groups is 1. The standard InChI is InChI=1S/C10H6FN3O2S/c11-8-4-2-1-3-7(8)5-12-10-13-6-9(17-10)14(15)16/h1-6H/b12-5-. The predicted molar refractivity (Wildman–Crippen MR) is 62.4 cm³/mol. The van der Waals surface area contributed by atoms with Crippen molar-refractivity contribution in [1.29, 1.82) is 0 Å². The highest BCUT2D eigenvalue weighted by atomic mass is 32.1. The van der Waals surface area contributed by atoms with E-state index in [1.165, 1.54) is 12.3 Å². The molecule has 17 heavy (non-hydrogen) atoms. The summed E-state index contributed by atoms with van der Waals surface area (Å²) in [4.78, 5) is 17.5. The topological polar surface area (TPSA) is 68.4 Å². The predicted octanol–water partition coefficient (Wildman–Crippen LogP) is 2.94. The Bertz CT molecular complexity index is 582. The van der Waals surface area contributed by atoms with E-state index in [-0.39, 0.29) is 10.1 Å². The number of thiazole rings is 1. The van der Waals surface area contributed by atoms with Gasteiger partial charge >= 0.3 is 5.00 Å². The van der Waals surface area contributed by atoms with Gasteiger partial charge in [-0.25, -0.2) is 14.4 Å². The fourth-order valence-corrected chi connectivity index (χ4v) is 1.68. The first-order chi connectivity index (χ1) is 8.16. The minimum absolute atomic E-state index is 0.0920. The third-order valence-electron chi connectivity index (χ3n) is 1.88. The normalized spacial score (nSPS) is 10.9. The van der Waals surface area contributed by atoms with Gasteiger partial charge in [0.1, 0.15) is 12.0 Å². The Labute approximate surface area is 99.4 Å². The van der Waals surface area contributed by atoms with Gasteiger partial charge in [0, 0.05) is 11.8 Å². The Hall–Kier alpha value is -2.15. The van der Waals surface area contributed by atoms with Crippen LogP contribution in [0.4, 0.5) is 14.5 Å². The van der Waals surface area contributed by atoms with E-state index in [1.807, 2.05) is 0 Å². The summed E-state index contributed by atoms with van der Waals surface area (Å²) in [6.45, 7) is 0. The number of nitrogens with zero attached hydrogens (tertiary/aromatic N) is 3. The fraction of sp³-hybridized carbons (Fsp3) is 0. The van der Waals surface area contributed by atoms with Gasteiger partial charge in [0.2, 0.25) is 5.13 Å². The van der Waals surface area contributed by atoms with Crippen molar-refractivity contribution in [3.63, 3.8) is 0 Å². The molecule has 0 aliphatic heterocycles. The molecule has 0 aliphatic carbocycles. The maximum absolute atomic E-state index is 13.2. The zero-order valence-electron chi connectivity index (χ0n) is 8.41. The highest BCUT2D eigenvalue weighted by Gasteiger charge is 2.10. The van der Waals surface area contributed by atoms with Gasteiger partial charge in [-0.05, 0) is 17.4 Å². The lowest BCUT2D eigenvalue weighted by Gasteiger charge is -1.92. The van der Waals surface area contributed by atoms with Crippen molar-refractivity contribution in [1.82, 2.24) is 4.98 Å². The van der Waals surface area contributed by atoms with Crippen LogP contribution in [0.2, 0.25) is 0 Å². The Kier molecular flexibility index (Phi) is 3.20. The average Bonchev–Trinajstić information content (AvgIpc) is 2.77. The Balaban J connectivity index is 2.20. The van der Waals surface area contributed by atoms with Crippen LogP contribution >= 0.6 is 11.3 Å². The van der Waals surface area contributed by atoms with E-state index >= 15 is 0 Å². The SMILES string of the molecule is O=[N+]([O-])c1cnc(/N=C\c2ccccc2F)s1. The van der Waals surface area contributed by atoms with Crippen molar-refractivity contribution >= 4 is 27.7 Å². The van der Waals surface area contributed by atoms with E-state index in [0.29, 0.717) is 5.56 Å². The number of halogens is 1. The number of aliphatic imine (C=N–C) groups is 1. The zero-order valence-corrected chi connectivity index (χ0v) is 9.22. The van der Waals surface area contributed by atoms with Crippen LogP contribution in [0.1, 0.15) is 5.56 Å². The van der Waals surface area contributed by atoms with E-state index in [4.69, 9.17) is 0 Å². The summed E-state index contributed by atoms with van der Waals surface area (Å²) in [5.41, 5.74) is 0.311. The lowest BCUT2D eigenvalue weighted by atomic mass is 10.2. The lowest BCUT2D eigenvalue weighted by Crippen LogP contribution is -1.85. The first-order valence-corrected chi connectivity index (χ1v) is 5.37. The van der Waals surface area contributed by atoms with E-state index in [9.17, 15) is 14.5 Å². The summed E-state index contributed by atoms with van der Waals surface area (Å²) in [5.74, 6) is -0.401. The van der Waals surface area contributed by atoms with E-state index in [2.05, 4.69) is 9.98 Å². The van der Waals surface area contributed by atoms with E-state index in [0.717, 1.165) is 17.5 Å². The summed E-state index contributed by atoms with van der Waals surface area (Å²) >= 11 is 0.836. The number of hydrogen-bond donors (Lipinski definition) is 0. The van der Waals surface area contributed by atoms with Crippen molar-refractivity contribution < 1.29 is 9.31 Å². The number of hydrogen-bond acceptors (Lipinski definition) is 5. The van der Waals surface area contributed by atoms with Gasteiger partial charge < -0.3 is 0 Å². The number of aromatic nitrogens is 1. The van der Waals surface area contributed by atoms with Crippen molar-refractivity contribution in [3.8, 4) is 0 Å². The number of benzene rings is 1. The second-order valence-corrected chi connectivity index (χ2v) is 4.01. The molecule has 1 aromatic heterocycles. The fourth-order valence-electron chi connectivity index (χ4n) is 1.11. The Morgan fingerprint density at radius 3 is 2.88 bits per heavy atom. The molecule has 7 heteroatoms. The Morgan fingerprint density at radius 1 is 1.47 bits per heavy atom. The zero-order chi connectivity index (χ0) is 12.3. The number of rotatable bonds is 3. The van der Waals surface area contributed by atoms with Crippen LogP contribution < -0.4 is 0 Å². The molecule has 0 unspecified atom stereocenters. The second-order valence-electron chi connectivity index (χ2n) is 3.02. The van der Waals surface area contributed by atoms with Crippen LogP contribution in [0, 0.1) is 15.9 Å². The van der Waals surface area contributed by atoms with E-state index < -0.39 is 10.7 Å². The molecule has 0 fully saturated rings. The molecule has 0 saturated heterocycles. The molecule has 2 rings (SSSR count). The van der Waals surface area contributed by atoms with Gasteiger partial charge in [0.15, 0.2) is 0 Å². The summed E-state index contributed by atoms with van der Waals surface area (Å²) in [7, 11) is 0.